The number of rotatable bonds is 5. The van der Waals surface area contributed by atoms with E-state index in [1.807, 2.05) is 20.8 Å². The third kappa shape index (κ3) is 2.65. The molecule has 1 saturated heterocycles. The van der Waals surface area contributed by atoms with Gasteiger partial charge < -0.3 is 5.73 Å². The number of hydrogen-bond donors (Lipinski definition) is 1. The number of likely N-dealkylation sites (tertiary alicyclic amines) is 1. The Kier molecular flexibility index (Phi) is 4.32. The highest BCUT2D eigenvalue weighted by Gasteiger charge is 2.39. The fourth-order valence-corrected chi connectivity index (χ4v) is 3.40. The van der Waals surface area contributed by atoms with Gasteiger partial charge in [0.05, 0.1) is 0 Å². The first-order valence-electron chi connectivity index (χ1n) is 6.67. The number of amides is 2. The van der Waals surface area contributed by atoms with Crippen LogP contribution in [0.2, 0.25) is 0 Å². The fraction of sp³-hybridized carbons (Fsp3) is 0.667. The lowest BCUT2D eigenvalue weighted by atomic mass is 10.4. The molecular formula is C12H19N5O2S. The molecule has 1 aliphatic heterocycles. The highest BCUT2D eigenvalue weighted by atomic mass is 32.2. The average molecular weight is 297 g/mol. The quantitative estimate of drug-likeness (QED) is 0.817. The van der Waals surface area contributed by atoms with Crippen LogP contribution in [0, 0.1) is 0 Å². The summed E-state index contributed by atoms with van der Waals surface area (Å²) in [5.41, 5.74) is 5.77. The van der Waals surface area contributed by atoms with E-state index in [2.05, 4.69) is 10.2 Å². The molecule has 0 bridgehead atoms. The van der Waals surface area contributed by atoms with E-state index in [0.717, 1.165) is 6.42 Å². The Morgan fingerprint density at radius 2 is 2.10 bits per heavy atom. The topological polar surface area (TPSA) is 94.1 Å². The Balaban J connectivity index is 2.16. The molecule has 1 fully saturated rings. The van der Waals surface area contributed by atoms with Crippen molar-refractivity contribution in [1.82, 2.24) is 19.7 Å². The lowest BCUT2D eigenvalue weighted by molar-refractivity contribution is -0.138. The molecule has 0 aliphatic carbocycles. The molecular weight excluding hydrogens is 278 g/mol. The van der Waals surface area contributed by atoms with Gasteiger partial charge in [-0.05, 0) is 20.3 Å². The van der Waals surface area contributed by atoms with Crippen LogP contribution in [-0.2, 0) is 9.59 Å². The van der Waals surface area contributed by atoms with Gasteiger partial charge in [0.25, 0.3) is 0 Å². The summed E-state index contributed by atoms with van der Waals surface area (Å²) in [6, 6.07) is 0.103. The van der Waals surface area contributed by atoms with Crippen LogP contribution in [0.5, 0.6) is 0 Å². The van der Waals surface area contributed by atoms with Crippen molar-refractivity contribution in [3.63, 3.8) is 0 Å². The summed E-state index contributed by atoms with van der Waals surface area (Å²) >= 11 is 1.27. The molecule has 2 heterocycles. The van der Waals surface area contributed by atoms with E-state index in [1.54, 1.807) is 4.57 Å². The first kappa shape index (κ1) is 14.8. The number of imide groups is 1. The van der Waals surface area contributed by atoms with Crippen molar-refractivity contribution in [3.05, 3.63) is 0 Å². The van der Waals surface area contributed by atoms with Crippen molar-refractivity contribution in [2.45, 2.75) is 50.1 Å². The van der Waals surface area contributed by atoms with Crippen molar-refractivity contribution in [2.75, 3.05) is 12.3 Å². The zero-order valence-electron chi connectivity index (χ0n) is 11.9. The van der Waals surface area contributed by atoms with Gasteiger partial charge in [0.2, 0.25) is 17.8 Å². The van der Waals surface area contributed by atoms with E-state index in [9.17, 15) is 9.59 Å². The number of nitrogens with two attached hydrogens (primary N) is 1. The van der Waals surface area contributed by atoms with Gasteiger partial charge in [-0.15, -0.1) is 10.2 Å². The molecule has 1 aromatic rings. The number of hydrogen-bond acceptors (Lipinski definition) is 6. The van der Waals surface area contributed by atoms with Gasteiger partial charge in [-0.3, -0.25) is 19.1 Å². The van der Waals surface area contributed by atoms with Gasteiger partial charge in [0.15, 0.2) is 5.16 Å². The maximum Gasteiger partial charge on any atom is 0.243 e. The summed E-state index contributed by atoms with van der Waals surface area (Å²) < 4.78 is 1.77. The van der Waals surface area contributed by atoms with E-state index in [-0.39, 0.29) is 24.3 Å². The smallest absolute Gasteiger partial charge is 0.243 e. The van der Waals surface area contributed by atoms with Crippen molar-refractivity contribution in [1.29, 1.82) is 0 Å². The molecule has 1 aliphatic rings. The molecule has 2 amide bonds. The van der Waals surface area contributed by atoms with Gasteiger partial charge in [-0.25, -0.2) is 0 Å². The predicted octanol–water partition coefficient (Wildman–Crippen LogP) is 1.07. The monoisotopic (exact) mass is 297 g/mol. The zero-order valence-corrected chi connectivity index (χ0v) is 12.7. The van der Waals surface area contributed by atoms with Gasteiger partial charge in [-0.1, -0.05) is 18.7 Å². The summed E-state index contributed by atoms with van der Waals surface area (Å²) in [5.74, 6) is 0.0707. The first-order chi connectivity index (χ1) is 9.45. The van der Waals surface area contributed by atoms with E-state index < -0.39 is 5.25 Å². The van der Waals surface area contributed by atoms with Gasteiger partial charge in [-0.2, -0.15) is 0 Å². The minimum atomic E-state index is -0.421. The van der Waals surface area contributed by atoms with Crippen LogP contribution in [0.4, 0.5) is 5.95 Å². The molecule has 0 spiro atoms. The molecule has 1 aromatic heterocycles. The van der Waals surface area contributed by atoms with Crippen molar-refractivity contribution < 1.29 is 9.59 Å². The Labute approximate surface area is 121 Å². The third-order valence-corrected chi connectivity index (χ3v) is 4.25. The highest BCUT2D eigenvalue weighted by Crippen LogP contribution is 2.32. The maximum atomic E-state index is 12.2. The number of anilines is 1. The number of nitrogen functional groups attached to an aromatic ring is 1. The second-order valence-electron chi connectivity index (χ2n) is 5.00. The molecule has 2 N–H and O–H groups in total. The molecule has 110 valence electrons. The first-order valence-corrected chi connectivity index (χ1v) is 7.54. The number of nitrogens with zero attached hydrogens (tertiary/aromatic N) is 4. The summed E-state index contributed by atoms with van der Waals surface area (Å²) in [5, 5.41) is 8.00. The van der Waals surface area contributed by atoms with Crippen molar-refractivity contribution in [3.8, 4) is 0 Å². The SMILES string of the molecule is CCCN1C(=O)CC(Sc2nnc(N)n2C(C)C)C1=O. The van der Waals surface area contributed by atoms with Crippen LogP contribution < -0.4 is 5.73 Å². The summed E-state index contributed by atoms with van der Waals surface area (Å²) in [6.45, 7) is 6.36. The van der Waals surface area contributed by atoms with Crippen LogP contribution >= 0.6 is 11.8 Å². The van der Waals surface area contributed by atoms with Gasteiger partial charge >= 0.3 is 0 Å². The summed E-state index contributed by atoms with van der Waals surface area (Å²) in [4.78, 5) is 25.3. The minimum absolute atomic E-state index is 0.103. The maximum absolute atomic E-state index is 12.2. The minimum Gasteiger partial charge on any atom is -0.368 e. The predicted molar refractivity (Wildman–Crippen MR) is 76.1 cm³/mol. The molecule has 0 saturated carbocycles. The van der Waals surface area contributed by atoms with Crippen molar-refractivity contribution in [2.24, 2.45) is 0 Å². The second-order valence-corrected chi connectivity index (χ2v) is 6.17. The van der Waals surface area contributed by atoms with E-state index in [0.29, 0.717) is 17.6 Å². The lowest BCUT2D eigenvalue weighted by Gasteiger charge is -2.14. The number of carbonyl (C=O) groups excluding carboxylic acids is 2. The standard InChI is InChI=1S/C12H19N5O2S/c1-4-5-16-9(18)6-8(10(16)19)20-12-15-14-11(13)17(12)7(2)3/h7-8H,4-6H2,1-3H3,(H2,13,14). The molecule has 0 aromatic carbocycles. The van der Waals surface area contributed by atoms with Crippen LogP contribution in [0.3, 0.4) is 0 Å². The Morgan fingerprint density at radius 1 is 1.40 bits per heavy atom. The fourth-order valence-electron chi connectivity index (χ4n) is 2.18. The van der Waals surface area contributed by atoms with Crippen molar-refractivity contribution >= 4 is 29.5 Å². The molecule has 20 heavy (non-hydrogen) atoms. The lowest BCUT2D eigenvalue weighted by Crippen LogP contribution is -2.32. The Morgan fingerprint density at radius 3 is 2.70 bits per heavy atom. The molecule has 1 atom stereocenters. The number of aromatic nitrogens is 3. The number of carbonyl (C=O) groups is 2. The van der Waals surface area contributed by atoms with E-state index in [4.69, 9.17) is 5.73 Å². The molecule has 1 unspecified atom stereocenters. The normalized spacial score (nSPS) is 19.4. The van der Waals surface area contributed by atoms with E-state index >= 15 is 0 Å². The van der Waals surface area contributed by atoms with Gasteiger partial charge in [0, 0.05) is 19.0 Å². The average Bonchev–Trinajstić information content (AvgIpc) is 2.86. The van der Waals surface area contributed by atoms with Crippen LogP contribution in [0.1, 0.15) is 39.7 Å². The van der Waals surface area contributed by atoms with Crippen LogP contribution in [0.15, 0.2) is 5.16 Å². The van der Waals surface area contributed by atoms with Gasteiger partial charge in [0.1, 0.15) is 5.25 Å². The molecule has 8 heteroatoms. The number of thioether (sulfide) groups is 1. The molecule has 0 radical (unpaired) electrons. The van der Waals surface area contributed by atoms with E-state index in [1.165, 1.54) is 16.7 Å². The summed E-state index contributed by atoms with van der Waals surface area (Å²) in [6.07, 6.45) is 0.984. The molecule has 7 nitrogen and oxygen atoms in total. The highest BCUT2D eigenvalue weighted by molar-refractivity contribution is 8.00. The van der Waals surface area contributed by atoms with Crippen LogP contribution in [-0.4, -0.2) is 43.3 Å². The zero-order chi connectivity index (χ0) is 14.9. The molecule has 2 rings (SSSR count). The largest absolute Gasteiger partial charge is 0.368 e. The van der Waals surface area contributed by atoms with Crippen LogP contribution in [0.25, 0.3) is 0 Å². The Hall–Kier alpha value is -1.57. The second kappa shape index (κ2) is 5.82. The third-order valence-electron chi connectivity index (χ3n) is 3.10. The Bertz CT molecular complexity index is 528. The summed E-state index contributed by atoms with van der Waals surface area (Å²) in [7, 11) is 0.